The number of ketones is 1. The Morgan fingerprint density at radius 3 is 2.52 bits per heavy atom. The first-order chi connectivity index (χ1) is 24.4. The number of amides is 1. The largest absolute Gasteiger partial charge is 0.469 e. The van der Waals surface area contributed by atoms with E-state index in [0.29, 0.717) is 30.4 Å². The summed E-state index contributed by atoms with van der Waals surface area (Å²) in [4.78, 5) is 49.0. The topological polar surface area (TPSA) is 192 Å². The molecule has 2 spiro atoms. The van der Waals surface area contributed by atoms with Gasteiger partial charge in [0.05, 0.1) is 24.2 Å². The number of carbonyl (C=O) groups excluding carboxylic acids is 4. The van der Waals surface area contributed by atoms with Crippen molar-refractivity contribution in [3.8, 4) is 0 Å². The summed E-state index contributed by atoms with van der Waals surface area (Å²) in [7, 11) is -2.61. The molecule has 0 bridgehead atoms. The molecule has 4 aliphatic carbocycles. The first-order valence-electron chi connectivity index (χ1n) is 17.6. The van der Waals surface area contributed by atoms with E-state index in [9.17, 15) is 32.7 Å². The Morgan fingerprint density at radius 1 is 1.08 bits per heavy atom. The number of nitrogens with one attached hydrogen (secondary N) is 1. The molecule has 5 fully saturated rings. The van der Waals surface area contributed by atoms with Crippen molar-refractivity contribution in [1.29, 1.82) is 0 Å². The molecule has 276 valence electrons. The van der Waals surface area contributed by atoms with Gasteiger partial charge in [-0.15, -0.1) is 0 Å². The van der Waals surface area contributed by atoms with Crippen LogP contribution >= 0.6 is 11.6 Å². The lowest BCUT2D eigenvalue weighted by atomic mass is 9.43. The highest BCUT2D eigenvalue weighted by atomic mass is 35.5. The molecule has 2 aromatic carbocycles. The number of fused-ring (bicyclic) bond motifs is 5. The number of aliphatic hydroxyl groups is 1. The highest BCUT2D eigenvalue weighted by Gasteiger charge is 2.83. The zero-order valence-corrected chi connectivity index (χ0v) is 30.6. The number of primary sulfonamides is 1. The van der Waals surface area contributed by atoms with Crippen LogP contribution < -0.4 is 10.5 Å². The van der Waals surface area contributed by atoms with Crippen LogP contribution in [0.2, 0.25) is 5.02 Å². The summed E-state index contributed by atoms with van der Waals surface area (Å²) in [5, 5.41) is 18.4. The number of carbonyl (C=O) groups is 4. The van der Waals surface area contributed by atoms with E-state index in [0.717, 1.165) is 43.7 Å². The fraction of sp³-hybridized carbons (Fsp3) is 0.526. The van der Waals surface area contributed by atoms with Crippen LogP contribution in [0.15, 0.2) is 59.0 Å². The average molecular weight is 753 g/mol. The van der Waals surface area contributed by atoms with Gasteiger partial charge in [-0.25, -0.2) is 13.6 Å². The highest BCUT2D eigenvalue weighted by molar-refractivity contribution is 7.89. The third-order valence-corrected chi connectivity index (χ3v) is 15.1. The summed E-state index contributed by atoms with van der Waals surface area (Å²) in [6.07, 6.45) is 7.61. The van der Waals surface area contributed by atoms with E-state index in [2.05, 4.69) is 19.2 Å². The van der Waals surface area contributed by atoms with E-state index < -0.39 is 32.9 Å². The van der Waals surface area contributed by atoms with Crippen molar-refractivity contribution in [2.45, 2.75) is 93.1 Å². The van der Waals surface area contributed by atoms with Gasteiger partial charge in [0.25, 0.3) is 5.91 Å². The number of benzene rings is 2. The Hall–Kier alpha value is -3.62. The molecule has 1 amide bonds. The first kappa shape index (κ1) is 35.4. The van der Waals surface area contributed by atoms with Crippen LogP contribution in [0.3, 0.4) is 0 Å². The van der Waals surface area contributed by atoms with Gasteiger partial charge in [-0.05, 0) is 68.7 Å². The number of methoxy groups -OCH3 is 1. The van der Waals surface area contributed by atoms with Crippen LogP contribution in [0.5, 0.6) is 0 Å². The Bertz CT molecular complexity index is 2110. The molecule has 1 unspecified atom stereocenters. The van der Waals surface area contributed by atoms with Gasteiger partial charge < -0.3 is 24.6 Å². The Labute approximate surface area is 306 Å². The molecule has 9 atom stereocenters. The Balaban J connectivity index is 0.000000157. The minimum absolute atomic E-state index is 0.0303. The van der Waals surface area contributed by atoms with Gasteiger partial charge in [0, 0.05) is 46.3 Å². The second kappa shape index (κ2) is 11.4. The van der Waals surface area contributed by atoms with Gasteiger partial charge in [-0.2, -0.15) is 0 Å². The summed E-state index contributed by atoms with van der Waals surface area (Å²) < 4.78 is 41.0. The van der Waals surface area contributed by atoms with Crippen LogP contribution in [-0.4, -0.2) is 61.6 Å². The molecule has 7 aliphatic rings. The van der Waals surface area contributed by atoms with Gasteiger partial charge in [0.2, 0.25) is 10.0 Å². The number of sulfonamides is 1. The molecule has 2 aromatic rings. The van der Waals surface area contributed by atoms with Crippen LogP contribution in [0.1, 0.15) is 86.7 Å². The first-order valence-corrected chi connectivity index (χ1v) is 19.6. The minimum atomic E-state index is -4.06. The van der Waals surface area contributed by atoms with Crippen molar-refractivity contribution < 1.29 is 46.9 Å². The summed E-state index contributed by atoms with van der Waals surface area (Å²) in [5.74, 6) is -0.654. The zero-order chi connectivity index (χ0) is 37.2. The molecule has 4 N–H and O–H groups in total. The SMILES string of the molecule is COC(=O)[C@@H]1CC2=CC(=O)CC[C@]2(C)[C@@]23O[C@@H]2C[C@@]2(C)[C@@H](CC[C@@]24CCC(=O)O4)[C@H]13.NS(=O)(=O)c1cc(C2(O)NC(=O)c3ccccc32)ccc1Cl. The van der Waals surface area contributed by atoms with Gasteiger partial charge in [0.15, 0.2) is 11.5 Å². The number of hydrogen-bond donors (Lipinski definition) is 3. The third-order valence-electron chi connectivity index (χ3n) is 13.7. The lowest BCUT2D eigenvalue weighted by molar-refractivity contribution is -0.172. The molecule has 14 heteroatoms. The number of halogens is 1. The van der Waals surface area contributed by atoms with E-state index in [4.69, 9.17) is 31.0 Å². The molecular formula is C38H41ClN2O10S. The normalized spacial score (nSPS) is 39.4. The predicted octanol–water partition coefficient (Wildman–Crippen LogP) is 4.05. The molecule has 0 aromatic heterocycles. The number of ether oxygens (including phenoxy) is 3. The molecule has 3 heterocycles. The van der Waals surface area contributed by atoms with Gasteiger partial charge >= 0.3 is 11.9 Å². The quantitative estimate of drug-likeness (QED) is 0.305. The van der Waals surface area contributed by atoms with Crippen LogP contribution in [0.25, 0.3) is 0 Å². The number of nitrogens with two attached hydrogens (primary N) is 1. The van der Waals surface area contributed by atoms with E-state index in [-0.39, 0.29) is 67.9 Å². The van der Waals surface area contributed by atoms with Crippen molar-refractivity contribution in [3.05, 3.63) is 75.8 Å². The lowest BCUT2D eigenvalue weighted by Crippen LogP contribution is -2.63. The predicted molar refractivity (Wildman–Crippen MR) is 185 cm³/mol. The lowest BCUT2D eigenvalue weighted by Gasteiger charge is -2.58. The molecule has 2 saturated heterocycles. The molecular weight excluding hydrogens is 712 g/mol. The zero-order valence-electron chi connectivity index (χ0n) is 29.1. The number of hydrogen-bond acceptors (Lipinski definition) is 10. The highest BCUT2D eigenvalue weighted by Crippen LogP contribution is 2.78. The van der Waals surface area contributed by atoms with E-state index in [1.807, 2.05) is 0 Å². The summed E-state index contributed by atoms with van der Waals surface area (Å²) in [5.41, 5.74) is -1.21. The molecule has 0 radical (unpaired) electrons. The van der Waals surface area contributed by atoms with Gasteiger partial charge in [-0.3, -0.25) is 19.2 Å². The number of rotatable bonds is 3. The summed E-state index contributed by atoms with van der Waals surface area (Å²) >= 11 is 5.83. The second-order valence-corrected chi connectivity index (χ2v) is 17.8. The van der Waals surface area contributed by atoms with Gasteiger partial charge in [-0.1, -0.05) is 55.3 Å². The van der Waals surface area contributed by atoms with Gasteiger partial charge in [0.1, 0.15) is 16.1 Å². The van der Waals surface area contributed by atoms with Crippen LogP contribution in [-0.2, 0) is 44.3 Å². The molecule has 3 aliphatic heterocycles. The van der Waals surface area contributed by atoms with Crippen molar-refractivity contribution in [2.75, 3.05) is 7.11 Å². The van der Waals surface area contributed by atoms with Crippen molar-refractivity contribution in [2.24, 2.45) is 33.7 Å². The minimum Gasteiger partial charge on any atom is -0.469 e. The number of esters is 2. The monoisotopic (exact) mass is 752 g/mol. The summed E-state index contributed by atoms with van der Waals surface area (Å²) in [6, 6.07) is 10.4. The fourth-order valence-corrected chi connectivity index (χ4v) is 12.2. The van der Waals surface area contributed by atoms with Crippen molar-refractivity contribution in [1.82, 2.24) is 5.32 Å². The molecule has 9 rings (SSSR count). The maximum atomic E-state index is 13.0. The smallest absolute Gasteiger partial charge is 0.309 e. The molecule has 12 nitrogen and oxygen atoms in total. The maximum Gasteiger partial charge on any atom is 0.309 e. The Kier molecular flexibility index (Phi) is 7.79. The average Bonchev–Trinajstić information content (AvgIpc) is 3.45. The molecule has 3 saturated carbocycles. The second-order valence-electron chi connectivity index (χ2n) is 15.9. The maximum absolute atomic E-state index is 13.0. The Morgan fingerprint density at radius 2 is 1.83 bits per heavy atom. The standard InChI is InChI=1S/C24H30O6.C14H11ClN2O4S/c1-21-7-4-14(25)10-13(21)11-15(20(27)28-3)19-16-5-8-23(9-6-18(26)30-23)22(16,2)12-17-24(19,21)29-17;15-11-6-5-8(7-12(11)22(16,20)21)14(19)10-4-2-1-3-9(10)13(18)17-14/h10,15-17,19H,4-9,11-12H2,1-3H3;1-7,19H,(H,17,18)(H2,16,20,21)/t15-,16+,17-,19+,21+,22+,23-,24-;/m1./s1. The van der Waals surface area contributed by atoms with E-state index in [1.165, 1.54) is 19.2 Å². The van der Waals surface area contributed by atoms with Crippen LogP contribution in [0, 0.1) is 28.6 Å². The summed E-state index contributed by atoms with van der Waals surface area (Å²) in [6.45, 7) is 4.51. The molecule has 52 heavy (non-hydrogen) atoms. The number of epoxide rings is 1. The fourth-order valence-electron chi connectivity index (χ4n) is 11.2. The third kappa shape index (κ3) is 4.71. The van der Waals surface area contributed by atoms with Crippen molar-refractivity contribution in [3.63, 3.8) is 0 Å². The van der Waals surface area contributed by atoms with E-state index in [1.54, 1.807) is 30.3 Å². The van der Waals surface area contributed by atoms with E-state index >= 15 is 0 Å². The van der Waals surface area contributed by atoms with Crippen LogP contribution in [0.4, 0.5) is 0 Å². The van der Waals surface area contributed by atoms with Crippen molar-refractivity contribution >= 4 is 45.3 Å².